The smallest absolute Gasteiger partial charge is 0.235 e. The van der Waals surface area contributed by atoms with Gasteiger partial charge >= 0.3 is 0 Å². The van der Waals surface area contributed by atoms with Crippen LogP contribution in [0, 0.1) is 11.3 Å². The lowest BCUT2D eigenvalue weighted by Crippen LogP contribution is -2.46. The molecular weight excluding hydrogens is 552 g/mol. The maximum atomic E-state index is 13.7. The zero-order valence-electron chi connectivity index (χ0n) is 23.8. The van der Waals surface area contributed by atoms with E-state index in [9.17, 15) is 13.2 Å². The predicted molar refractivity (Wildman–Crippen MR) is 160 cm³/mol. The van der Waals surface area contributed by atoms with Crippen molar-refractivity contribution in [1.82, 2.24) is 24.9 Å². The molecule has 1 amide bonds. The molecule has 8 bridgehead atoms. The number of carbonyl (C=O) groups is 1. The molecule has 1 spiro atoms. The van der Waals surface area contributed by atoms with Crippen LogP contribution in [0.15, 0.2) is 42.7 Å². The van der Waals surface area contributed by atoms with Gasteiger partial charge in [0.15, 0.2) is 0 Å². The molecule has 2 aliphatic carbocycles. The van der Waals surface area contributed by atoms with E-state index in [1.807, 2.05) is 48.5 Å². The van der Waals surface area contributed by atoms with Crippen molar-refractivity contribution in [3.63, 3.8) is 0 Å². The van der Waals surface area contributed by atoms with E-state index in [0.717, 1.165) is 80.2 Å². The van der Waals surface area contributed by atoms with Gasteiger partial charge < -0.3 is 14.7 Å². The van der Waals surface area contributed by atoms with Crippen LogP contribution in [-0.2, 0) is 14.8 Å². The molecule has 2 saturated heterocycles. The van der Waals surface area contributed by atoms with E-state index in [0.29, 0.717) is 25.1 Å². The molecule has 6 heterocycles. The lowest BCUT2D eigenvalue weighted by molar-refractivity contribution is -0.135. The van der Waals surface area contributed by atoms with Gasteiger partial charge in [-0.2, -0.15) is 0 Å². The largest absolute Gasteiger partial charge is 0.370 e. The summed E-state index contributed by atoms with van der Waals surface area (Å²) in [6.45, 7) is 3.22. The number of carbonyl (C=O) groups excluding carboxylic acids is 1. The van der Waals surface area contributed by atoms with E-state index in [-0.39, 0.29) is 28.5 Å². The number of rotatable bonds is 3. The molecule has 2 unspecified atom stereocenters. The lowest BCUT2D eigenvalue weighted by Gasteiger charge is -2.38. The molecule has 2 aromatic heterocycles. The summed E-state index contributed by atoms with van der Waals surface area (Å²) in [5.41, 5.74) is 4.14. The average molecular weight is 589 g/mol. The number of hydrogen-bond donors (Lipinski definition) is 1. The van der Waals surface area contributed by atoms with Gasteiger partial charge in [0.05, 0.1) is 34.4 Å². The highest BCUT2D eigenvalue weighted by atomic mass is 32.2. The van der Waals surface area contributed by atoms with Crippen molar-refractivity contribution in [2.24, 2.45) is 11.3 Å². The van der Waals surface area contributed by atoms with E-state index in [1.165, 1.54) is 0 Å². The molecule has 2 atom stereocenters. The summed E-state index contributed by atoms with van der Waals surface area (Å²) in [5.74, 6) is 1.07. The highest BCUT2D eigenvalue weighted by Crippen LogP contribution is 2.57. The molecule has 6 aliphatic rings. The van der Waals surface area contributed by atoms with Crippen LogP contribution in [0.25, 0.3) is 16.9 Å². The summed E-state index contributed by atoms with van der Waals surface area (Å²) in [6.07, 6.45) is 10.0. The second-order valence-electron chi connectivity index (χ2n) is 12.8. The summed E-state index contributed by atoms with van der Waals surface area (Å²) in [7, 11) is -1.39. The van der Waals surface area contributed by atoms with Crippen molar-refractivity contribution >= 4 is 33.1 Å². The van der Waals surface area contributed by atoms with Crippen LogP contribution in [0.2, 0.25) is 0 Å². The predicted octanol–water partition coefficient (Wildman–Crippen LogP) is 3.28. The molecule has 4 aliphatic heterocycles. The van der Waals surface area contributed by atoms with Gasteiger partial charge in [0.1, 0.15) is 11.5 Å². The summed E-state index contributed by atoms with van der Waals surface area (Å²) in [4.78, 5) is 25.0. The zero-order chi connectivity index (χ0) is 28.6. The number of pyridine rings is 1. The molecule has 42 heavy (non-hydrogen) atoms. The van der Waals surface area contributed by atoms with Gasteiger partial charge in [0.2, 0.25) is 15.9 Å². The van der Waals surface area contributed by atoms with Gasteiger partial charge in [-0.05, 0) is 80.7 Å². The van der Waals surface area contributed by atoms with Crippen LogP contribution in [0.4, 0.5) is 17.2 Å². The third kappa shape index (κ3) is 4.42. The van der Waals surface area contributed by atoms with Crippen LogP contribution in [-0.4, -0.2) is 83.7 Å². The SMILES string of the molecule is CN1C(=O)C2CCCN(C2)c2cc(ccn2)-c2cn(nn2)-c2ccc(NS(=O)(=O)C3CC3)cc2N2CCC3(CC2)CC13. The van der Waals surface area contributed by atoms with Crippen LogP contribution >= 0.6 is 0 Å². The van der Waals surface area contributed by atoms with Crippen molar-refractivity contribution in [2.45, 2.75) is 56.2 Å². The molecule has 9 rings (SSSR count). The Balaban J connectivity index is 1.20. The number of aromatic nitrogens is 4. The van der Waals surface area contributed by atoms with Crippen LogP contribution in [0.1, 0.15) is 44.9 Å². The van der Waals surface area contributed by atoms with Crippen molar-refractivity contribution in [3.8, 4) is 16.9 Å². The maximum absolute atomic E-state index is 13.7. The first-order valence-electron chi connectivity index (χ1n) is 15.1. The van der Waals surface area contributed by atoms with Crippen molar-refractivity contribution in [2.75, 3.05) is 47.7 Å². The Kier molecular flexibility index (Phi) is 5.83. The number of nitrogens with one attached hydrogen (secondary N) is 1. The van der Waals surface area contributed by atoms with E-state index >= 15 is 0 Å². The number of hydrogen-bond acceptors (Lipinski definition) is 8. The highest BCUT2D eigenvalue weighted by molar-refractivity contribution is 7.93. The van der Waals surface area contributed by atoms with Gasteiger partial charge in [0, 0.05) is 51.0 Å². The number of sulfonamides is 1. The number of anilines is 3. The maximum Gasteiger partial charge on any atom is 0.235 e. The Hall–Kier alpha value is -3.67. The minimum atomic E-state index is -3.39. The molecule has 2 saturated carbocycles. The monoisotopic (exact) mass is 588 g/mol. The second-order valence-corrected chi connectivity index (χ2v) is 14.8. The first-order chi connectivity index (χ1) is 20.3. The Labute approximate surface area is 245 Å². The van der Waals surface area contributed by atoms with E-state index in [4.69, 9.17) is 0 Å². The normalized spacial score (nSPS) is 27.2. The molecular formula is C30H36N8O3S. The van der Waals surface area contributed by atoms with Crippen molar-refractivity contribution in [1.29, 1.82) is 0 Å². The van der Waals surface area contributed by atoms with Crippen molar-refractivity contribution < 1.29 is 13.2 Å². The molecule has 1 N–H and O–H groups in total. The lowest BCUT2D eigenvalue weighted by atomic mass is 9.91. The Bertz CT molecular complexity index is 1660. The summed E-state index contributed by atoms with van der Waals surface area (Å²) < 4.78 is 30.1. The summed E-state index contributed by atoms with van der Waals surface area (Å²) in [5, 5.41) is 8.73. The van der Waals surface area contributed by atoms with Gasteiger partial charge in [-0.25, -0.2) is 18.1 Å². The zero-order valence-corrected chi connectivity index (χ0v) is 24.6. The van der Waals surface area contributed by atoms with Crippen LogP contribution < -0.4 is 14.5 Å². The first-order valence-corrected chi connectivity index (χ1v) is 16.7. The Morgan fingerprint density at radius 3 is 2.64 bits per heavy atom. The number of nitrogens with zero attached hydrogens (tertiary/aromatic N) is 7. The fourth-order valence-electron chi connectivity index (χ4n) is 7.36. The summed E-state index contributed by atoms with van der Waals surface area (Å²) >= 11 is 0. The third-order valence-electron chi connectivity index (χ3n) is 10.1. The van der Waals surface area contributed by atoms with Crippen LogP contribution in [0.5, 0.6) is 0 Å². The second kappa shape index (κ2) is 9.42. The molecule has 220 valence electrons. The minimum absolute atomic E-state index is 0.0311. The van der Waals surface area contributed by atoms with E-state index < -0.39 is 10.0 Å². The first kappa shape index (κ1) is 26.0. The number of benzene rings is 1. The fourth-order valence-corrected chi connectivity index (χ4v) is 8.74. The molecule has 4 fully saturated rings. The number of piperidine rings is 2. The number of fused-ring (bicyclic) bond motifs is 3. The standard InChI is InChI=1S/C30H36N8O3S/c1-35-27-17-30(27)9-13-36(14-10-30)26-16-22(33-42(40,41)23-5-6-23)4-7-25(26)38-19-24(32-34-38)20-8-11-31-28(15-20)37-12-2-3-21(18-37)29(35)39/h4,7-8,11,15-16,19,21,23,27,33H,2-3,5-6,9-10,12-14,17-18H2,1H3. The van der Waals surface area contributed by atoms with Crippen molar-refractivity contribution in [3.05, 3.63) is 42.7 Å². The molecule has 12 heteroatoms. The van der Waals surface area contributed by atoms with E-state index in [1.54, 1.807) is 10.9 Å². The van der Waals surface area contributed by atoms with Gasteiger partial charge in [-0.1, -0.05) is 5.21 Å². The Morgan fingerprint density at radius 2 is 1.83 bits per heavy atom. The fraction of sp³-hybridized carbons (Fsp3) is 0.533. The average Bonchev–Trinajstić information content (AvgIpc) is 3.93. The molecule has 3 aromatic rings. The minimum Gasteiger partial charge on any atom is -0.370 e. The number of amides is 1. The van der Waals surface area contributed by atoms with Crippen LogP contribution in [0.3, 0.4) is 0 Å². The van der Waals surface area contributed by atoms with E-state index in [2.05, 4.69) is 29.8 Å². The quantitative estimate of drug-likeness (QED) is 0.496. The summed E-state index contributed by atoms with van der Waals surface area (Å²) in [6, 6.07) is 9.92. The molecule has 1 aromatic carbocycles. The Morgan fingerprint density at radius 1 is 1.00 bits per heavy atom. The highest BCUT2D eigenvalue weighted by Gasteiger charge is 2.58. The topological polar surface area (TPSA) is 117 Å². The molecule has 0 radical (unpaired) electrons. The van der Waals surface area contributed by atoms with Gasteiger partial charge in [-0.3, -0.25) is 9.52 Å². The molecule has 11 nitrogen and oxygen atoms in total. The third-order valence-corrected chi connectivity index (χ3v) is 12.0. The van der Waals surface area contributed by atoms with Gasteiger partial charge in [0.25, 0.3) is 0 Å². The van der Waals surface area contributed by atoms with Gasteiger partial charge in [-0.15, -0.1) is 5.10 Å².